The number of hydrogen-bond donors (Lipinski definition) is 2. The van der Waals surface area contributed by atoms with Crippen molar-refractivity contribution in [3.63, 3.8) is 0 Å². The standard InChI is InChI=1S/C10H12BrNO2/c1-7(13)6-12-10(14)8-4-2-3-5-9(8)11/h2-5,7,13H,6H2,1H3,(H,12,14). The zero-order chi connectivity index (χ0) is 10.6. The van der Waals surface area contributed by atoms with Crippen molar-refractivity contribution in [1.29, 1.82) is 0 Å². The zero-order valence-corrected chi connectivity index (χ0v) is 9.41. The number of halogens is 1. The summed E-state index contributed by atoms with van der Waals surface area (Å²) in [5.74, 6) is -0.182. The van der Waals surface area contributed by atoms with Crippen LogP contribution in [0.3, 0.4) is 0 Å². The van der Waals surface area contributed by atoms with Crippen LogP contribution in [-0.4, -0.2) is 23.7 Å². The quantitative estimate of drug-likeness (QED) is 0.864. The van der Waals surface area contributed by atoms with E-state index in [0.29, 0.717) is 5.56 Å². The first kappa shape index (κ1) is 11.2. The van der Waals surface area contributed by atoms with E-state index in [1.807, 2.05) is 6.07 Å². The summed E-state index contributed by atoms with van der Waals surface area (Å²) in [6.07, 6.45) is -0.526. The molecule has 0 aliphatic carbocycles. The predicted octanol–water partition coefficient (Wildman–Crippen LogP) is 1.56. The smallest absolute Gasteiger partial charge is 0.252 e. The van der Waals surface area contributed by atoms with Gasteiger partial charge in [0.15, 0.2) is 0 Å². The summed E-state index contributed by atoms with van der Waals surface area (Å²) < 4.78 is 0.753. The Labute approximate surface area is 91.3 Å². The van der Waals surface area contributed by atoms with Crippen molar-refractivity contribution in [2.45, 2.75) is 13.0 Å². The molecule has 0 spiro atoms. The molecule has 0 aliphatic heterocycles. The van der Waals surface area contributed by atoms with E-state index in [0.717, 1.165) is 4.47 Å². The van der Waals surface area contributed by atoms with Crippen molar-refractivity contribution in [3.05, 3.63) is 34.3 Å². The molecular formula is C10H12BrNO2. The van der Waals surface area contributed by atoms with Crippen molar-refractivity contribution >= 4 is 21.8 Å². The number of carbonyl (C=O) groups excluding carboxylic acids is 1. The second kappa shape index (κ2) is 5.12. The number of rotatable bonds is 3. The minimum atomic E-state index is -0.526. The van der Waals surface area contributed by atoms with E-state index >= 15 is 0 Å². The van der Waals surface area contributed by atoms with Gasteiger partial charge in [0.25, 0.3) is 5.91 Å². The van der Waals surface area contributed by atoms with E-state index in [4.69, 9.17) is 5.11 Å². The summed E-state index contributed by atoms with van der Waals surface area (Å²) in [5.41, 5.74) is 0.577. The first-order chi connectivity index (χ1) is 6.61. The van der Waals surface area contributed by atoms with Gasteiger partial charge >= 0.3 is 0 Å². The number of aliphatic hydroxyl groups excluding tert-OH is 1. The molecule has 0 saturated heterocycles. The fourth-order valence-electron chi connectivity index (χ4n) is 0.981. The Kier molecular flexibility index (Phi) is 4.10. The van der Waals surface area contributed by atoms with E-state index in [-0.39, 0.29) is 12.5 Å². The normalized spacial score (nSPS) is 12.2. The SMILES string of the molecule is CC(O)CNC(=O)c1ccccc1Br. The van der Waals surface area contributed by atoms with Gasteiger partial charge in [-0.2, -0.15) is 0 Å². The highest BCUT2D eigenvalue weighted by Crippen LogP contribution is 2.15. The molecule has 1 aromatic carbocycles. The Balaban J connectivity index is 2.65. The second-order valence-corrected chi connectivity index (χ2v) is 3.89. The molecule has 1 atom stereocenters. The van der Waals surface area contributed by atoms with Gasteiger partial charge in [0.2, 0.25) is 0 Å². The maximum absolute atomic E-state index is 11.5. The van der Waals surface area contributed by atoms with Crippen LogP contribution in [0.2, 0.25) is 0 Å². The Morgan fingerprint density at radius 2 is 2.21 bits per heavy atom. The number of nitrogens with one attached hydrogen (secondary N) is 1. The van der Waals surface area contributed by atoms with Crippen molar-refractivity contribution < 1.29 is 9.90 Å². The summed E-state index contributed by atoms with van der Waals surface area (Å²) >= 11 is 3.28. The molecule has 14 heavy (non-hydrogen) atoms. The van der Waals surface area contributed by atoms with Crippen LogP contribution in [0.4, 0.5) is 0 Å². The Morgan fingerprint density at radius 1 is 1.57 bits per heavy atom. The number of amides is 1. The lowest BCUT2D eigenvalue weighted by Gasteiger charge is -2.07. The van der Waals surface area contributed by atoms with Crippen LogP contribution in [0.15, 0.2) is 28.7 Å². The van der Waals surface area contributed by atoms with Crippen LogP contribution < -0.4 is 5.32 Å². The highest BCUT2D eigenvalue weighted by atomic mass is 79.9. The molecule has 0 heterocycles. The van der Waals surface area contributed by atoms with Crippen LogP contribution in [-0.2, 0) is 0 Å². The van der Waals surface area contributed by atoms with Gasteiger partial charge in [-0.05, 0) is 35.0 Å². The molecule has 0 aromatic heterocycles. The lowest BCUT2D eigenvalue weighted by atomic mass is 10.2. The van der Waals surface area contributed by atoms with Gasteiger partial charge < -0.3 is 10.4 Å². The molecule has 76 valence electrons. The van der Waals surface area contributed by atoms with E-state index in [2.05, 4.69) is 21.2 Å². The molecule has 3 nitrogen and oxygen atoms in total. The molecule has 1 rings (SSSR count). The monoisotopic (exact) mass is 257 g/mol. The van der Waals surface area contributed by atoms with Crippen molar-refractivity contribution in [2.75, 3.05) is 6.54 Å². The van der Waals surface area contributed by atoms with Gasteiger partial charge in [-0.3, -0.25) is 4.79 Å². The Hall–Kier alpha value is -0.870. The summed E-state index contributed by atoms with van der Waals surface area (Å²) in [6, 6.07) is 7.16. The van der Waals surface area contributed by atoms with Gasteiger partial charge in [-0.25, -0.2) is 0 Å². The van der Waals surface area contributed by atoms with Gasteiger partial charge in [0.1, 0.15) is 0 Å². The average molecular weight is 258 g/mol. The predicted molar refractivity (Wildman–Crippen MR) is 58.2 cm³/mol. The minimum Gasteiger partial charge on any atom is -0.392 e. The van der Waals surface area contributed by atoms with Crippen LogP contribution in [0.25, 0.3) is 0 Å². The first-order valence-corrected chi connectivity index (χ1v) is 5.11. The number of aliphatic hydroxyl groups is 1. The third kappa shape index (κ3) is 3.12. The van der Waals surface area contributed by atoms with Crippen LogP contribution >= 0.6 is 15.9 Å². The Morgan fingerprint density at radius 3 is 2.79 bits per heavy atom. The highest BCUT2D eigenvalue weighted by Gasteiger charge is 2.08. The largest absolute Gasteiger partial charge is 0.392 e. The first-order valence-electron chi connectivity index (χ1n) is 4.32. The summed E-state index contributed by atoms with van der Waals surface area (Å²) in [4.78, 5) is 11.5. The molecule has 0 bridgehead atoms. The van der Waals surface area contributed by atoms with E-state index < -0.39 is 6.10 Å². The lowest BCUT2D eigenvalue weighted by Crippen LogP contribution is -2.30. The zero-order valence-electron chi connectivity index (χ0n) is 7.83. The third-order valence-corrected chi connectivity index (χ3v) is 2.37. The Bertz CT molecular complexity index is 326. The maximum atomic E-state index is 11.5. The van der Waals surface area contributed by atoms with Gasteiger partial charge in [0, 0.05) is 11.0 Å². The van der Waals surface area contributed by atoms with Crippen LogP contribution in [0.1, 0.15) is 17.3 Å². The summed E-state index contributed by atoms with van der Waals surface area (Å²) in [5, 5.41) is 11.6. The summed E-state index contributed by atoms with van der Waals surface area (Å²) in [7, 11) is 0. The van der Waals surface area contributed by atoms with E-state index in [9.17, 15) is 4.79 Å². The molecule has 4 heteroatoms. The number of benzene rings is 1. The molecule has 1 aromatic rings. The van der Waals surface area contributed by atoms with Crippen molar-refractivity contribution in [1.82, 2.24) is 5.32 Å². The van der Waals surface area contributed by atoms with Crippen LogP contribution in [0.5, 0.6) is 0 Å². The third-order valence-electron chi connectivity index (χ3n) is 1.68. The summed E-state index contributed by atoms with van der Waals surface area (Å²) in [6.45, 7) is 1.89. The van der Waals surface area contributed by atoms with Gasteiger partial charge in [-0.15, -0.1) is 0 Å². The molecule has 1 unspecified atom stereocenters. The van der Waals surface area contributed by atoms with E-state index in [1.165, 1.54) is 0 Å². The average Bonchev–Trinajstić information content (AvgIpc) is 2.15. The highest BCUT2D eigenvalue weighted by molar-refractivity contribution is 9.10. The number of hydrogen-bond acceptors (Lipinski definition) is 2. The van der Waals surface area contributed by atoms with Gasteiger partial charge in [0.05, 0.1) is 11.7 Å². The molecule has 2 N–H and O–H groups in total. The van der Waals surface area contributed by atoms with Crippen molar-refractivity contribution in [2.24, 2.45) is 0 Å². The fourth-order valence-corrected chi connectivity index (χ4v) is 1.45. The molecule has 0 aliphatic rings. The fraction of sp³-hybridized carbons (Fsp3) is 0.300. The molecular weight excluding hydrogens is 246 g/mol. The lowest BCUT2D eigenvalue weighted by molar-refractivity contribution is 0.0923. The van der Waals surface area contributed by atoms with Crippen LogP contribution in [0, 0.1) is 0 Å². The van der Waals surface area contributed by atoms with E-state index in [1.54, 1.807) is 25.1 Å². The molecule has 1 amide bonds. The van der Waals surface area contributed by atoms with Gasteiger partial charge in [-0.1, -0.05) is 12.1 Å². The number of carbonyl (C=O) groups is 1. The maximum Gasteiger partial charge on any atom is 0.252 e. The van der Waals surface area contributed by atoms with Crippen molar-refractivity contribution in [3.8, 4) is 0 Å². The molecule has 0 radical (unpaired) electrons. The minimum absolute atomic E-state index is 0.182. The topological polar surface area (TPSA) is 49.3 Å². The second-order valence-electron chi connectivity index (χ2n) is 3.04. The molecule has 0 saturated carbocycles. The molecule has 0 fully saturated rings.